The van der Waals surface area contributed by atoms with Crippen molar-refractivity contribution < 1.29 is 23.0 Å². The van der Waals surface area contributed by atoms with Crippen LogP contribution in [0.25, 0.3) is 11.1 Å². The number of aromatic nitrogens is 4. The minimum Gasteiger partial charge on any atom is -0.473 e. The Morgan fingerprint density at radius 3 is 2.09 bits per heavy atom. The Morgan fingerprint density at radius 2 is 1.49 bits per heavy atom. The van der Waals surface area contributed by atoms with E-state index in [0.717, 1.165) is 11.1 Å². The van der Waals surface area contributed by atoms with Crippen LogP contribution >= 0.6 is 0 Å². The molecule has 0 atom stereocenters. The predicted molar refractivity (Wildman–Crippen MR) is 164 cm³/mol. The standard InChI is InChI=1S/C32H35N5O5S/c1-22-7-9-24(10-8-22)27-28(37-43(39,40)26-13-11-25(12-14-26)31(2,3)4)35-21-36-29(27)41-17-18-42-30-33-19-23(20-34-30)15-16-32(5,6)38/h7-14,19-21,38H,17-18H2,1-6H3,(H,35,36,37). The molecule has 2 heterocycles. The van der Waals surface area contributed by atoms with Gasteiger partial charge in [-0.25, -0.2) is 28.4 Å². The molecule has 10 nitrogen and oxygen atoms in total. The van der Waals surface area contributed by atoms with Gasteiger partial charge in [-0.05, 0) is 49.4 Å². The summed E-state index contributed by atoms with van der Waals surface area (Å²) < 4.78 is 40.9. The topological polar surface area (TPSA) is 136 Å². The maximum atomic E-state index is 13.4. The van der Waals surface area contributed by atoms with Crippen LogP contribution in [0.1, 0.15) is 51.3 Å². The molecule has 2 aromatic heterocycles. The highest BCUT2D eigenvalue weighted by molar-refractivity contribution is 7.92. The minimum absolute atomic E-state index is 0.0694. The van der Waals surface area contributed by atoms with Gasteiger partial charge in [-0.1, -0.05) is 74.6 Å². The largest absolute Gasteiger partial charge is 0.473 e. The molecule has 0 saturated carbocycles. The third-order valence-electron chi connectivity index (χ3n) is 6.11. The van der Waals surface area contributed by atoms with Crippen molar-refractivity contribution in [2.45, 2.75) is 57.5 Å². The Morgan fingerprint density at radius 1 is 0.860 bits per heavy atom. The monoisotopic (exact) mass is 601 g/mol. The summed E-state index contributed by atoms with van der Waals surface area (Å²) in [5, 5.41) is 9.74. The first-order valence-corrected chi connectivity index (χ1v) is 15.1. The van der Waals surface area contributed by atoms with Crippen LogP contribution in [0.2, 0.25) is 0 Å². The molecule has 0 spiro atoms. The molecule has 4 rings (SSSR count). The Kier molecular flexibility index (Phi) is 9.33. The Hall–Kier alpha value is -4.53. The van der Waals surface area contributed by atoms with E-state index in [0.29, 0.717) is 16.7 Å². The number of nitrogens with zero attached hydrogens (tertiary/aromatic N) is 4. The lowest BCUT2D eigenvalue weighted by Gasteiger charge is -2.19. The van der Waals surface area contributed by atoms with Crippen LogP contribution in [0, 0.1) is 18.8 Å². The van der Waals surface area contributed by atoms with E-state index in [1.165, 1.54) is 18.7 Å². The van der Waals surface area contributed by atoms with Crippen LogP contribution < -0.4 is 14.2 Å². The van der Waals surface area contributed by atoms with Gasteiger partial charge in [0.1, 0.15) is 25.1 Å². The lowest BCUT2D eigenvalue weighted by Crippen LogP contribution is -2.17. The van der Waals surface area contributed by atoms with Gasteiger partial charge >= 0.3 is 6.01 Å². The second-order valence-corrected chi connectivity index (χ2v) is 13.1. The van der Waals surface area contributed by atoms with Crippen molar-refractivity contribution in [2.24, 2.45) is 0 Å². The molecule has 0 fully saturated rings. The molecule has 224 valence electrons. The lowest BCUT2D eigenvalue weighted by atomic mass is 9.87. The van der Waals surface area contributed by atoms with Crippen molar-refractivity contribution >= 4 is 15.8 Å². The van der Waals surface area contributed by atoms with Crippen LogP contribution in [-0.2, 0) is 15.4 Å². The molecule has 2 aromatic carbocycles. The summed E-state index contributed by atoms with van der Waals surface area (Å²) in [6.07, 6.45) is 4.23. The second-order valence-electron chi connectivity index (χ2n) is 11.4. The van der Waals surface area contributed by atoms with Gasteiger partial charge in [0.05, 0.1) is 16.0 Å². The normalized spacial score (nSPS) is 11.8. The quantitative estimate of drug-likeness (QED) is 0.202. The van der Waals surface area contributed by atoms with Gasteiger partial charge in [-0.2, -0.15) is 0 Å². The van der Waals surface area contributed by atoms with Crippen molar-refractivity contribution in [1.82, 2.24) is 19.9 Å². The fourth-order valence-electron chi connectivity index (χ4n) is 3.81. The van der Waals surface area contributed by atoms with E-state index >= 15 is 0 Å². The average Bonchev–Trinajstić information content (AvgIpc) is 2.95. The number of benzene rings is 2. The SMILES string of the molecule is Cc1ccc(-c2c(NS(=O)(=O)c3ccc(C(C)(C)C)cc3)ncnc2OCCOc2ncc(C#CC(C)(C)O)cn2)cc1. The summed E-state index contributed by atoms with van der Waals surface area (Å²) in [6, 6.07) is 14.4. The number of aryl methyl sites for hydroxylation is 1. The zero-order valence-electron chi connectivity index (χ0n) is 25.0. The fraction of sp³-hybridized carbons (Fsp3) is 0.312. The highest BCUT2D eigenvalue weighted by atomic mass is 32.2. The molecule has 0 bridgehead atoms. The summed E-state index contributed by atoms with van der Waals surface area (Å²) in [7, 11) is -3.97. The maximum Gasteiger partial charge on any atom is 0.316 e. The van der Waals surface area contributed by atoms with Gasteiger partial charge < -0.3 is 14.6 Å². The van der Waals surface area contributed by atoms with E-state index in [2.05, 4.69) is 57.3 Å². The van der Waals surface area contributed by atoms with Crippen molar-refractivity contribution in [1.29, 1.82) is 0 Å². The summed E-state index contributed by atoms with van der Waals surface area (Å²) >= 11 is 0. The molecule has 43 heavy (non-hydrogen) atoms. The van der Waals surface area contributed by atoms with E-state index in [1.807, 2.05) is 43.3 Å². The Labute approximate surface area is 252 Å². The van der Waals surface area contributed by atoms with Crippen LogP contribution in [0.4, 0.5) is 5.82 Å². The number of sulfonamides is 1. The summed E-state index contributed by atoms with van der Waals surface area (Å²) in [4.78, 5) is 16.9. The second kappa shape index (κ2) is 12.8. The molecule has 0 amide bonds. The van der Waals surface area contributed by atoms with Crippen molar-refractivity contribution in [2.75, 3.05) is 17.9 Å². The number of aliphatic hydroxyl groups is 1. The highest BCUT2D eigenvalue weighted by Crippen LogP contribution is 2.35. The van der Waals surface area contributed by atoms with Crippen LogP contribution in [0.5, 0.6) is 11.9 Å². The smallest absolute Gasteiger partial charge is 0.316 e. The van der Waals surface area contributed by atoms with Crippen LogP contribution in [0.15, 0.2) is 72.1 Å². The number of rotatable bonds is 9. The maximum absolute atomic E-state index is 13.4. The van der Waals surface area contributed by atoms with Gasteiger partial charge in [-0.3, -0.25) is 4.72 Å². The summed E-state index contributed by atoms with van der Waals surface area (Å²) in [5.41, 5.74) is 2.43. The van der Waals surface area contributed by atoms with Gasteiger partial charge in [0.25, 0.3) is 10.0 Å². The molecule has 4 aromatic rings. The fourth-order valence-corrected chi connectivity index (χ4v) is 4.83. The highest BCUT2D eigenvalue weighted by Gasteiger charge is 2.22. The van der Waals surface area contributed by atoms with E-state index in [4.69, 9.17) is 9.47 Å². The molecule has 0 aliphatic heterocycles. The molecule has 0 radical (unpaired) electrons. The zero-order chi connectivity index (χ0) is 31.3. The van der Waals surface area contributed by atoms with Crippen molar-refractivity contribution in [3.05, 3.63) is 83.9 Å². The molecular formula is C32H35N5O5S. The minimum atomic E-state index is -3.97. The molecule has 11 heteroatoms. The predicted octanol–water partition coefficient (Wildman–Crippen LogP) is 4.92. The summed E-state index contributed by atoms with van der Waals surface area (Å²) in [6.45, 7) is 11.5. The number of hydrogen-bond donors (Lipinski definition) is 2. The Bertz CT molecular complexity index is 1720. The van der Waals surface area contributed by atoms with Crippen molar-refractivity contribution in [3.8, 4) is 34.9 Å². The molecule has 0 aliphatic carbocycles. The average molecular weight is 602 g/mol. The van der Waals surface area contributed by atoms with E-state index < -0.39 is 15.6 Å². The van der Waals surface area contributed by atoms with E-state index in [1.54, 1.807) is 26.0 Å². The lowest BCUT2D eigenvalue weighted by molar-refractivity contribution is 0.143. The van der Waals surface area contributed by atoms with Gasteiger partial charge in [0.15, 0.2) is 5.82 Å². The van der Waals surface area contributed by atoms with Gasteiger partial charge in [0, 0.05) is 12.4 Å². The molecule has 0 aliphatic rings. The third kappa shape index (κ3) is 8.73. The first kappa shape index (κ1) is 31.4. The molecular weight excluding hydrogens is 566 g/mol. The molecule has 0 saturated heterocycles. The third-order valence-corrected chi connectivity index (χ3v) is 7.46. The van der Waals surface area contributed by atoms with Gasteiger partial charge in [-0.15, -0.1) is 0 Å². The van der Waals surface area contributed by atoms with Crippen molar-refractivity contribution in [3.63, 3.8) is 0 Å². The first-order valence-electron chi connectivity index (χ1n) is 13.6. The first-order chi connectivity index (χ1) is 20.2. The van der Waals surface area contributed by atoms with Crippen LogP contribution in [0.3, 0.4) is 0 Å². The number of nitrogens with one attached hydrogen (secondary N) is 1. The molecule has 0 unspecified atom stereocenters. The van der Waals surface area contributed by atoms with Gasteiger partial charge in [0.2, 0.25) is 5.88 Å². The van der Waals surface area contributed by atoms with E-state index in [9.17, 15) is 13.5 Å². The van der Waals surface area contributed by atoms with E-state index in [-0.39, 0.29) is 41.2 Å². The number of hydrogen-bond acceptors (Lipinski definition) is 9. The van der Waals surface area contributed by atoms with Crippen LogP contribution in [-0.4, -0.2) is 52.3 Å². The summed E-state index contributed by atoms with van der Waals surface area (Å²) in [5.74, 6) is 5.76. The number of anilines is 1. The zero-order valence-corrected chi connectivity index (χ0v) is 25.9. The Balaban J connectivity index is 1.52. The number of ether oxygens (including phenoxy) is 2. The molecule has 2 N–H and O–H groups in total.